The van der Waals surface area contributed by atoms with E-state index in [1.54, 1.807) is 30.5 Å². The average Bonchev–Trinajstić information content (AvgIpc) is 3.18. The normalized spacial score (nSPS) is 15.0. The van der Waals surface area contributed by atoms with Gasteiger partial charge in [0, 0.05) is 24.7 Å². The standard InChI is InChI=1S/C19H25N5O5/c1-11(25)16(19(28)29)24-18(27)15(7-12-5-3-2-4-6-12)23-17(26)14(20)8-13-9-21-10-22-13/h2-6,9-11,14-16,25H,7-8,20H2,1H3,(H,21,22)(H,23,26)(H,24,27)(H,28,29). The molecule has 156 valence electrons. The van der Waals surface area contributed by atoms with Crippen LogP contribution in [-0.4, -0.2) is 62.2 Å². The number of aliphatic hydroxyl groups excluding tert-OH is 1. The number of nitrogens with zero attached hydrogens (tertiary/aromatic N) is 1. The molecule has 1 heterocycles. The van der Waals surface area contributed by atoms with Crippen molar-refractivity contribution in [1.82, 2.24) is 20.6 Å². The number of amides is 2. The smallest absolute Gasteiger partial charge is 0.328 e. The highest BCUT2D eigenvalue weighted by molar-refractivity contribution is 5.92. The molecule has 0 saturated heterocycles. The van der Waals surface area contributed by atoms with Gasteiger partial charge in [0.2, 0.25) is 11.8 Å². The highest BCUT2D eigenvalue weighted by atomic mass is 16.4. The number of rotatable bonds is 10. The van der Waals surface area contributed by atoms with Crippen LogP contribution in [0, 0.1) is 0 Å². The summed E-state index contributed by atoms with van der Waals surface area (Å²) >= 11 is 0. The number of nitrogens with one attached hydrogen (secondary N) is 3. The number of carbonyl (C=O) groups excluding carboxylic acids is 2. The summed E-state index contributed by atoms with van der Waals surface area (Å²) in [6.07, 6.45) is 2.01. The number of nitrogens with two attached hydrogens (primary N) is 1. The van der Waals surface area contributed by atoms with E-state index < -0.39 is 42.0 Å². The molecule has 4 unspecified atom stereocenters. The SMILES string of the molecule is CC(O)C(NC(=O)C(Cc1ccccc1)NC(=O)C(N)Cc1cnc[nH]1)C(=O)O. The zero-order valence-corrected chi connectivity index (χ0v) is 15.9. The number of hydrogen-bond donors (Lipinski definition) is 6. The highest BCUT2D eigenvalue weighted by Crippen LogP contribution is 2.06. The number of hydrogen-bond acceptors (Lipinski definition) is 6. The van der Waals surface area contributed by atoms with Gasteiger partial charge in [-0.3, -0.25) is 9.59 Å². The molecule has 1 aromatic heterocycles. The fraction of sp³-hybridized carbons (Fsp3) is 0.368. The van der Waals surface area contributed by atoms with E-state index in [-0.39, 0.29) is 12.8 Å². The van der Waals surface area contributed by atoms with E-state index in [1.165, 1.54) is 13.3 Å². The third-order valence-electron chi connectivity index (χ3n) is 4.29. The second kappa shape index (κ2) is 10.3. The van der Waals surface area contributed by atoms with Gasteiger partial charge in [-0.1, -0.05) is 30.3 Å². The summed E-state index contributed by atoms with van der Waals surface area (Å²) in [7, 11) is 0. The first-order chi connectivity index (χ1) is 13.8. The summed E-state index contributed by atoms with van der Waals surface area (Å²) in [5.74, 6) is -2.68. The van der Waals surface area contributed by atoms with Crippen LogP contribution in [0.15, 0.2) is 42.9 Å². The number of imidazole rings is 1. The summed E-state index contributed by atoms with van der Waals surface area (Å²) in [4.78, 5) is 43.2. The lowest BCUT2D eigenvalue weighted by atomic mass is 10.0. The second-order valence-electron chi connectivity index (χ2n) is 6.70. The molecule has 0 bridgehead atoms. The Hall–Kier alpha value is -3.24. The molecule has 0 spiro atoms. The van der Waals surface area contributed by atoms with Crippen molar-refractivity contribution in [3.8, 4) is 0 Å². The number of benzene rings is 1. The van der Waals surface area contributed by atoms with Crippen molar-refractivity contribution in [3.63, 3.8) is 0 Å². The van der Waals surface area contributed by atoms with Crippen LogP contribution in [0.1, 0.15) is 18.2 Å². The quantitative estimate of drug-likeness (QED) is 0.294. The van der Waals surface area contributed by atoms with Gasteiger partial charge in [-0.25, -0.2) is 9.78 Å². The van der Waals surface area contributed by atoms with Gasteiger partial charge in [-0.15, -0.1) is 0 Å². The molecule has 4 atom stereocenters. The summed E-state index contributed by atoms with van der Waals surface area (Å²) in [5.41, 5.74) is 7.35. The van der Waals surface area contributed by atoms with Crippen molar-refractivity contribution in [1.29, 1.82) is 0 Å². The van der Waals surface area contributed by atoms with Gasteiger partial charge in [0.05, 0.1) is 18.5 Å². The first-order valence-corrected chi connectivity index (χ1v) is 9.06. The molecule has 0 aliphatic rings. The fourth-order valence-electron chi connectivity index (χ4n) is 2.71. The maximum atomic E-state index is 12.7. The average molecular weight is 403 g/mol. The Labute approximate surface area is 167 Å². The Morgan fingerprint density at radius 3 is 2.38 bits per heavy atom. The third-order valence-corrected chi connectivity index (χ3v) is 4.29. The van der Waals surface area contributed by atoms with E-state index in [9.17, 15) is 24.6 Å². The van der Waals surface area contributed by atoms with E-state index in [2.05, 4.69) is 20.6 Å². The minimum absolute atomic E-state index is 0.126. The predicted molar refractivity (Wildman–Crippen MR) is 104 cm³/mol. The molecule has 0 aliphatic heterocycles. The molecule has 10 heteroatoms. The maximum absolute atomic E-state index is 12.7. The Morgan fingerprint density at radius 2 is 1.83 bits per heavy atom. The Morgan fingerprint density at radius 1 is 1.14 bits per heavy atom. The minimum atomic E-state index is -1.50. The van der Waals surface area contributed by atoms with E-state index >= 15 is 0 Å². The summed E-state index contributed by atoms with van der Waals surface area (Å²) in [5, 5.41) is 23.6. The largest absolute Gasteiger partial charge is 0.480 e. The lowest BCUT2D eigenvalue weighted by Crippen LogP contribution is -2.57. The summed E-state index contributed by atoms with van der Waals surface area (Å²) in [6, 6.07) is 5.42. The number of aliphatic carboxylic acids is 1. The van der Waals surface area contributed by atoms with Gasteiger partial charge in [0.25, 0.3) is 0 Å². The van der Waals surface area contributed by atoms with Crippen LogP contribution in [0.3, 0.4) is 0 Å². The van der Waals surface area contributed by atoms with Crippen LogP contribution >= 0.6 is 0 Å². The van der Waals surface area contributed by atoms with Crippen LogP contribution in [-0.2, 0) is 27.2 Å². The summed E-state index contributed by atoms with van der Waals surface area (Å²) in [6.45, 7) is 1.25. The van der Waals surface area contributed by atoms with Gasteiger partial charge < -0.3 is 31.6 Å². The molecule has 1 aromatic carbocycles. The monoisotopic (exact) mass is 403 g/mol. The minimum Gasteiger partial charge on any atom is -0.480 e. The molecular formula is C19H25N5O5. The van der Waals surface area contributed by atoms with Crippen LogP contribution in [0.25, 0.3) is 0 Å². The van der Waals surface area contributed by atoms with E-state index in [1.807, 2.05) is 6.07 Å². The third kappa shape index (κ3) is 6.70. The topological polar surface area (TPSA) is 170 Å². The van der Waals surface area contributed by atoms with Crippen LogP contribution in [0.5, 0.6) is 0 Å². The molecule has 10 nitrogen and oxygen atoms in total. The number of carboxylic acids is 1. The molecule has 0 saturated carbocycles. The van der Waals surface area contributed by atoms with Crippen LogP contribution in [0.4, 0.5) is 0 Å². The number of aromatic nitrogens is 2. The van der Waals surface area contributed by atoms with Gasteiger partial charge in [-0.05, 0) is 12.5 Å². The predicted octanol–water partition coefficient (Wildman–Crippen LogP) is -1.04. The number of aromatic amines is 1. The van der Waals surface area contributed by atoms with Crippen molar-refractivity contribution in [3.05, 3.63) is 54.1 Å². The van der Waals surface area contributed by atoms with E-state index in [4.69, 9.17) is 5.73 Å². The highest BCUT2D eigenvalue weighted by Gasteiger charge is 2.30. The molecule has 29 heavy (non-hydrogen) atoms. The van der Waals surface area contributed by atoms with Gasteiger partial charge in [0.1, 0.15) is 6.04 Å². The van der Waals surface area contributed by atoms with Gasteiger partial charge in [-0.2, -0.15) is 0 Å². The Bertz CT molecular complexity index is 810. The van der Waals surface area contributed by atoms with E-state index in [0.717, 1.165) is 5.56 Å². The number of aliphatic hydroxyl groups is 1. The fourth-order valence-corrected chi connectivity index (χ4v) is 2.71. The van der Waals surface area contributed by atoms with Crippen molar-refractivity contribution in [2.24, 2.45) is 5.73 Å². The molecular weight excluding hydrogens is 378 g/mol. The maximum Gasteiger partial charge on any atom is 0.328 e. The van der Waals surface area contributed by atoms with Crippen LogP contribution < -0.4 is 16.4 Å². The van der Waals surface area contributed by atoms with Gasteiger partial charge in [0.15, 0.2) is 6.04 Å². The van der Waals surface area contributed by atoms with Crippen molar-refractivity contribution in [2.45, 2.75) is 44.0 Å². The number of H-pyrrole nitrogens is 1. The van der Waals surface area contributed by atoms with E-state index in [0.29, 0.717) is 5.69 Å². The van der Waals surface area contributed by atoms with Crippen molar-refractivity contribution < 1.29 is 24.6 Å². The lowest BCUT2D eigenvalue weighted by molar-refractivity contribution is -0.145. The Kier molecular flexibility index (Phi) is 7.87. The van der Waals surface area contributed by atoms with Crippen LogP contribution in [0.2, 0.25) is 0 Å². The number of carboxylic acid groups (broad SMARTS) is 1. The number of carbonyl (C=O) groups is 3. The molecule has 2 rings (SSSR count). The molecule has 2 aromatic rings. The molecule has 0 aliphatic carbocycles. The molecule has 0 radical (unpaired) electrons. The first kappa shape index (κ1) is 22.1. The zero-order valence-electron chi connectivity index (χ0n) is 15.9. The second-order valence-corrected chi connectivity index (χ2v) is 6.70. The zero-order chi connectivity index (χ0) is 21.4. The first-order valence-electron chi connectivity index (χ1n) is 9.06. The van der Waals surface area contributed by atoms with Crippen molar-refractivity contribution in [2.75, 3.05) is 0 Å². The molecule has 7 N–H and O–H groups in total. The Balaban J connectivity index is 2.12. The summed E-state index contributed by atoms with van der Waals surface area (Å²) < 4.78 is 0. The van der Waals surface area contributed by atoms with Gasteiger partial charge >= 0.3 is 5.97 Å². The molecule has 2 amide bonds. The molecule has 0 fully saturated rings. The lowest BCUT2D eigenvalue weighted by Gasteiger charge is -2.24. The van der Waals surface area contributed by atoms with Crippen molar-refractivity contribution >= 4 is 17.8 Å².